The molecule has 422 valence electrons. The van der Waals surface area contributed by atoms with Crippen LogP contribution in [0.5, 0.6) is 0 Å². The zero-order valence-electron chi connectivity index (χ0n) is 48.7. The summed E-state index contributed by atoms with van der Waals surface area (Å²) in [5.74, 6) is 0. The predicted molar refractivity (Wildman–Crippen MR) is 340 cm³/mol. The van der Waals surface area contributed by atoms with E-state index in [1.807, 2.05) is 12.1 Å². The molecule has 0 atom stereocenters. The number of hydrogen-bond donors (Lipinski definition) is 0. The van der Waals surface area contributed by atoms with Gasteiger partial charge < -0.3 is 9.13 Å². The monoisotopic (exact) mass is 1140 g/mol. The molecule has 0 saturated heterocycles. The first-order valence-electron chi connectivity index (χ1n) is 28.5. The second-order valence-electron chi connectivity index (χ2n) is 23.4. The minimum Gasteiger partial charge on any atom is -0.309 e. The van der Waals surface area contributed by atoms with Crippen LogP contribution < -0.4 is 0 Å². The van der Waals surface area contributed by atoms with Gasteiger partial charge in [-0.1, -0.05) is 154 Å². The van der Waals surface area contributed by atoms with Gasteiger partial charge in [-0.15, -0.1) is 0 Å². The number of alkyl halides is 6. The maximum atomic E-state index is 15.6. The molecule has 9 heteroatoms. The number of rotatable bonds is 8. The van der Waals surface area contributed by atoms with E-state index in [0.29, 0.717) is 23.0 Å². The minimum atomic E-state index is -5.20. The van der Waals surface area contributed by atoms with Crippen molar-refractivity contribution < 1.29 is 26.3 Å². The van der Waals surface area contributed by atoms with Gasteiger partial charge in [0.05, 0.1) is 50.5 Å². The first kappa shape index (κ1) is 55.3. The molecular weight excluding hydrogens is 1080 g/mol. The summed E-state index contributed by atoms with van der Waals surface area (Å²) in [6.45, 7) is 16.6. The van der Waals surface area contributed by atoms with E-state index >= 15 is 13.2 Å². The SMILES string of the molecule is Cc1cc(C)cc(-c2ccc3c(c2)c2cc(-c4cc(C)cc(C)c4)ccc2n3-c2ccc(-c3ccc(C(F)(F)F)cc3C(F)(F)F)c(-c3cc(C#N)ccc3-n3c4ccc(-c5cc(C)cc(C)c5)cc4c4cc(-c5cc(C)cc(C)c5)ccc43)c2)c1. The van der Waals surface area contributed by atoms with Crippen molar-refractivity contribution in [3.05, 3.63) is 261 Å². The largest absolute Gasteiger partial charge is 0.417 e. The molecule has 11 aromatic carbocycles. The highest BCUT2D eigenvalue weighted by Gasteiger charge is 2.39. The van der Waals surface area contributed by atoms with E-state index in [1.54, 1.807) is 24.3 Å². The van der Waals surface area contributed by atoms with Crippen LogP contribution >= 0.6 is 0 Å². The van der Waals surface area contributed by atoms with E-state index in [0.717, 1.165) is 139 Å². The first-order valence-corrected chi connectivity index (χ1v) is 28.5. The summed E-state index contributed by atoms with van der Waals surface area (Å²) in [6.07, 6.45) is -10.3. The third-order valence-corrected chi connectivity index (χ3v) is 16.6. The molecular formula is C77H57F6N3. The molecule has 0 aliphatic heterocycles. The highest BCUT2D eigenvalue weighted by molar-refractivity contribution is 6.14. The molecule has 2 heterocycles. The second kappa shape index (κ2) is 20.7. The lowest BCUT2D eigenvalue weighted by Gasteiger charge is -2.22. The van der Waals surface area contributed by atoms with Crippen molar-refractivity contribution >= 4 is 43.6 Å². The van der Waals surface area contributed by atoms with Crippen LogP contribution in [0.2, 0.25) is 0 Å². The summed E-state index contributed by atoms with van der Waals surface area (Å²) < 4.78 is 94.5. The average molecular weight is 1140 g/mol. The Bertz CT molecular complexity index is 4720. The van der Waals surface area contributed by atoms with Crippen LogP contribution in [0.4, 0.5) is 26.3 Å². The fourth-order valence-electron chi connectivity index (χ4n) is 13.2. The van der Waals surface area contributed by atoms with Gasteiger partial charge in [-0.2, -0.15) is 31.6 Å². The van der Waals surface area contributed by atoms with Crippen molar-refractivity contribution in [3.63, 3.8) is 0 Å². The van der Waals surface area contributed by atoms with Crippen LogP contribution in [0, 0.1) is 66.7 Å². The quantitative estimate of drug-likeness (QED) is 0.140. The van der Waals surface area contributed by atoms with Gasteiger partial charge in [0, 0.05) is 32.8 Å². The Morgan fingerprint density at radius 1 is 0.302 bits per heavy atom. The molecule has 86 heavy (non-hydrogen) atoms. The molecule has 0 spiro atoms. The highest BCUT2D eigenvalue weighted by Crippen LogP contribution is 2.48. The number of aryl methyl sites for hydroxylation is 8. The molecule has 3 nitrogen and oxygen atoms in total. The van der Waals surface area contributed by atoms with E-state index in [9.17, 15) is 18.4 Å². The maximum absolute atomic E-state index is 15.6. The number of nitriles is 1. The van der Waals surface area contributed by atoms with E-state index < -0.39 is 29.0 Å². The van der Waals surface area contributed by atoms with Gasteiger partial charge >= 0.3 is 12.4 Å². The van der Waals surface area contributed by atoms with Gasteiger partial charge in [0.2, 0.25) is 0 Å². The van der Waals surface area contributed by atoms with Gasteiger partial charge in [-0.05, 0) is 208 Å². The number of aromatic nitrogens is 2. The fourth-order valence-corrected chi connectivity index (χ4v) is 13.2. The molecule has 2 aromatic heterocycles. The Balaban J connectivity index is 1.12. The Morgan fingerprint density at radius 2 is 0.674 bits per heavy atom. The van der Waals surface area contributed by atoms with Crippen LogP contribution in [-0.2, 0) is 12.4 Å². The van der Waals surface area contributed by atoms with E-state index in [-0.39, 0.29) is 22.8 Å². The highest BCUT2D eigenvalue weighted by atomic mass is 19.4. The molecule has 0 aliphatic rings. The van der Waals surface area contributed by atoms with E-state index in [1.165, 1.54) is 0 Å². The molecule has 0 radical (unpaired) electrons. The Labute approximate surface area is 495 Å². The summed E-state index contributed by atoms with van der Waals surface area (Å²) >= 11 is 0. The zero-order valence-corrected chi connectivity index (χ0v) is 48.7. The number of benzene rings is 11. The maximum Gasteiger partial charge on any atom is 0.417 e. The lowest BCUT2D eigenvalue weighted by molar-refractivity contribution is -0.142. The molecule has 0 unspecified atom stereocenters. The van der Waals surface area contributed by atoms with Crippen molar-refractivity contribution in [3.8, 4) is 84.2 Å². The van der Waals surface area contributed by atoms with Crippen molar-refractivity contribution in [1.29, 1.82) is 5.26 Å². The topological polar surface area (TPSA) is 33.6 Å². The van der Waals surface area contributed by atoms with Crippen molar-refractivity contribution in [2.45, 2.75) is 67.7 Å². The molecule has 0 saturated carbocycles. The molecule has 0 bridgehead atoms. The average Bonchev–Trinajstić information content (AvgIpc) is 1.57. The summed E-state index contributed by atoms with van der Waals surface area (Å²) in [6, 6.07) is 65.6. The van der Waals surface area contributed by atoms with Crippen LogP contribution in [0.3, 0.4) is 0 Å². The van der Waals surface area contributed by atoms with Gasteiger partial charge in [-0.3, -0.25) is 0 Å². The zero-order chi connectivity index (χ0) is 60.2. The van der Waals surface area contributed by atoms with Crippen molar-refractivity contribution in [2.75, 3.05) is 0 Å². The number of halogens is 6. The lowest BCUT2D eigenvalue weighted by atomic mass is 9.88. The molecule has 0 N–H and O–H groups in total. The standard InChI is InChI=1S/C77H57F6N3/c1-43-23-44(2)28-56(27-43)52-10-19-71-66(36-52)67-37-53(57-29-45(3)24-46(4)30-57)11-20-72(67)85(71)61-15-17-62(63-16-14-60(76(78,79)80)40-70(63)77(81,82)83)64(41-61)65-35-51(42-84)9-18-73(65)86-74-21-12-54(58-31-47(5)25-48(6)32-58)38-68(74)69-39-55(13-22-75(69)86)59-33-49(7)26-50(8)34-59/h9-41H,1-8H3. The van der Waals surface area contributed by atoms with Crippen LogP contribution in [0.25, 0.3) is 122 Å². The summed E-state index contributed by atoms with van der Waals surface area (Å²) in [4.78, 5) is 0. The Morgan fingerprint density at radius 3 is 1.03 bits per heavy atom. The molecule has 13 rings (SSSR count). The third kappa shape index (κ3) is 9.99. The van der Waals surface area contributed by atoms with Gasteiger partial charge in [0.15, 0.2) is 0 Å². The normalized spacial score (nSPS) is 12.1. The van der Waals surface area contributed by atoms with Gasteiger partial charge in [0.25, 0.3) is 0 Å². The smallest absolute Gasteiger partial charge is 0.309 e. The number of fused-ring (bicyclic) bond motifs is 6. The van der Waals surface area contributed by atoms with Crippen molar-refractivity contribution in [1.82, 2.24) is 9.13 Å². The van der Waals surface area contributed by atoms with E-state index in [4.69, 9.17) is 0 Å². The number of nitrogens with zero attached hydrogens (tertiary/aromatic N) is 3. The Kier molecular flexibility index (Phi) is 13.3. The number of hydrogen-bond acceptors (Lipinski definition) is 1. The first-order chi connectivity index (χ1) is 41.0. The van der Waals surface area contributed by atoms with Crippen LogP contribution in [-0.4, -0.2) is 9.13 Å². The van der Waals surface area contributed by atoms with Crippen molar-refractivity contribution in [2.24, 2.45) is 0 Å². The summed E-state index contributed by atoms with van der Waals surface area (Å²) in [5.41, 5.74) is 19.1. The van der Waals surface area contributed by atoms with Crippen LogP contribution in [0.1, 0.15) is 61.2 Å². The van der Waals surface area contributed by atoms with Gasteiger partial charge in [-0.25, -0.2) is 0 Å². The Hall–Kier alpha value is -9.91. The molecule has 0 aliphatic carbocycles. The van der Waals surface area contributed by atoms with E-state index in [2.05, 4.69) is 216 Å². The molecule has 13 aromatic rings. The van der Waals surface area contributed by atoms with Crippen LogP contribution in [0.15, 0.2) is 200 Å². The lowest BCUT2D eigenvalue weighted by Crippen LogP contribution is -2.12. The summed E-state index contributed by atoms with van der Waals surface area (Å²) in [7, 11) is 0. The van der Waals surface area contributed by atoms with Gasteiger partial charge in [0.1, 0.15) is 0 Å². The molecule has 0 amide bonds. The third-order valence-electron chi connectivity index (χ3n) is 16.6. The fraction of sp³-hybridized carbons (Fsp3) is 0.130. The molecule has 0 fully saturated rings. The second-order valence-corrected chi connectivity index (χ2v) is 23.4. The predicted octanol–water partition coefficient (Wildman–Crippen LogP) is 22.3. The summed E-state index contributed by atoms with van der Waals surface area (Å²) in [5, 5.41) is 14.5. The minimum absolute atomic E-state index is 0.0242.